The van der Waals surface area contributed by atoms with Crippen molar-refractivity contribution in [3.63, 3.8) is 0 Å². The van der Waals surface area contributed by atoms with Crippen molar-refractivity contribution in [1.29, 1.82) is 0 Å². The minimum absolute atomic E-state index is 0.156. The lowest BCUT2D eigenvalue weighted by molar-refractivity contribution is -0.159. The number of amides is 1. The van der Waals surface area contributed by atoms with Gasteiger partial charge in [-0.15, -0.1) is 0 Å². The molecule has 2 fully saturated rings. The minimum atomic E-state index is -1.82. The Kier molecular flexibility index (Phi) is 5.76. The maximum atomic E-state index is 11.9. The molecule has 0 bridgehead atoms. The summed E-state index contributed by atoms with van der Waals surface area (Å²) in [5.41, 5.74) is -0.0579. The highest BCUT2D eigenvalue weighted by molar-refractivity contribution is 6.27. The molecule has 1 atom stereocenters. The number of rotatable bonds is 0. The van der Waals surface area contributed by atoms with Crippen LogP contribution in [0.2, 0.25) is 0 Å². The van der Waals surface area contributed by atoms with E-state index in [4.69, 9.17) is 24.5 Å². The first-order chi connectivity index (χ1) is 10.0. The highest BCUT2D eigenvalue weighted by atomic mass is 16.6. The third-order valence-electron chi connectivity index (χ3n) is 3.61. The van der Waals surface area contributed by atoms with Crippen molar-refractivity contribution in [3.05, 3.63) is 0 Å². The SMILES string of the molecule is CC(C)(C)OC(=O)N1CCC2(CCNC2)C1.O=C(O)C(=O)O. The first-order valence-corrected chi connectivity index (χ1v) is 7.20. The Labute approximate surface area is 129 Å². The molecule has 3 N–H and O–H groups in total. The van der Waals surface area contributed by atoms with Crippen LogP contribution in [0.4, 0.5) is 4.79 Å². The highest BCUT2D eigenvalue weighted by Crippen LogP contribution is 2.36. The summed E-state index contributed by atoms with van der Waals surface area (Å²) >= 11 is 0. The topological polar surface area (TPSA) is 116 Å². The van der Waals surface area contributed by atoms with Gasteiger partial charge in [0.25, 0.3) is 0 Å². The Balaban J connectivity index is 0.000000346. The fraction of sp³-hybridized carbons (Fsp3) is 0.786. The fourth-order valence-corrected chi connectivity index (χ4v) is 2.56. The van der Waals surface area contributed by atoms with Crippen LogP contribution in [0.1, 0.15) is 33.6 Å². The predicted molar refractivity (Wildman–Crippen MR) is 77.6 cm³/mol. The summed E-state index contributed by atoms with van der Waals surface area (Å²) in [7, 11) is 0. The van der Waals surface area contributed by atoms with Gasteiger partial charge in [-0.2, -0.15) is 0 Å². The van der Waals surface area contributed by atoms with E-state index < -0.39 is 11.9 Å². The zero-order chi connectivity index (χ0) is 17.0. The van der Waals surface area contributed by atoms with E-state index in [9.17, 15) is 4.79 Å². The Hall–Kier alpha value is -1.83. The van der Waals surface area contributed by atoms with Crippen LogP contribution in [0.15, 0.2) is 0 Å². The molecule has 0 saturated carbocycles. The van der Waals surface area contributed by atoms with Gasteiger partial charge >= 0.3 is 18.0 Å². The maximum Gasteiger partial charge on any atom is 0.414 e. The third kappa shape index (κ3) is 5.51. The van der Waals surface area contributed by atoms with Crippen molar-refractivity contribution < 1.29 is 29.3 Å². The second kappa shape index (κ2) is 6.95. The molecule has 0 radical (unpaired) electrons. The van der Waals surface area contributed by atoms with Crippen molar-refractivity contribution in [2.75, 3.05) is 26.2 Å². The van der Waals surface area contributed by atoms with E-state index in [1.165, 1.54) is 6.42 Å². The maximum absolute atomic E-state index is 11.9. The Morgan fingerprint density at radius 1 is 1.14 bits per heavy atom. The van der Waals surface area contributed by atoms with Crippen LogP contribution in [0.5, 0.6) is 0 Å². The number of nitrogens with zero attached hydrogens (tertiary/aromatic N) is 1. The molecular weight excluding hydrogens is 292 g/mol. The number of hydrogen-bond acceptors (Lipinski definition) is 5. The number of hydrogen-bond donors (Lipinski definition) is 3. The van der Waals surface area contributed by atoms with E-state index in [0.29, 0.717) is 5.41 Å². The van der Waals surface area contributed by atoms with Gasteiger partial charge in [0.1, 0.15) is 5.60 Å². The Morgan fingerprint density at radius 2 is 1.73 bits per heavy atom. The molecule has 2 rings (SSSR count). The Morgan fingerprint density at radius 3 is 2.14 bits per heavy atom. The van der Waals surface area contributed by atoms with E-state index in [1.807, 2.05) is 25.7 Å². The molecule has 22 heavy (non-hydrogen) atoms. The number of carbonyl (C=O) groups excluding carboxylic acids is 1. The lowest BCUT2D eigenvalue weighted by Gasteiger charge is -2.26. The number of ether oxygens (including phenoxy) is 1. The number of likely N-dealkylation sites (tertiary alicyclic amines) is 1. The number of carboxylic acid groups (broad SMARTS) is 2. The van der Waals surface area contributed by atoms with Gasteiger partial charge in [-0.25, -0.2) is 14.4 Å². The molecule has 0 aliphatic carbocycles. The van der Waals surface area contributed by atoms with Crippen LogP contribution in [-0.4, -0.2) is 64.9 Å². The molecule has 0 aromatic heterocycles. The van der Waals surface area contributed by atoms with Crippen molar-refractivity contribution in [1.82, 2.24) is 10.2 Å². The van der Waals surface area contributed by atoms with Crippen molar-refractivity contribution in [2.24, 2.45) is 5.41 Å². The number of carbonyl (C=O) groups is 3. The predicted octanol–water partition coefficient (Wildman–Crippen LogP) is 0.763. The largest absolute Gasteiger partial charge is 0.473 e. The van der Waals surface area contributed by atoms with E-state index in [2.05, 4.69) is 5.32 Å². The number of carboxylic acids is 2. The molecule has 0 aromatic carbocycles. The van der Waals surface area contributed by atoms with E-state index >= 15 is 0 Å². The molecule has 1 amide bonds. The van der Waals surface area contributed by atoms with Gasteiger partial charge in [0.15, 0.2) is 0 Å². The molecule has 2 aliphatic heterocycles. The molecule has 8 nitrogen and oxygen atoms in total. The number of aliphatic carboxylic acids is 2. The quantitative estimate of drug-likeness (QED) is 0.565. The summed E-state index contributed by atoms with van der Waals surface area (Å²) in [6.45, 7) is 9.57. The molecule has 2 saturated heterocycles. The van der Waals surface area contributed by atoms with Gasteiger partial charge in [-0.05, 0) is 40.2 Å². The van der Waals surface area contributed by atoms with Crippen LogP contribution in [0.3, 0.4) is 0 Å². The summed E-state index contributed by atoms with van der Waals surface area (Å²) < 4.78 is 5.39. The lowest BCUT2D eigenvalue weighted by Crippen LogP contribution is -2.37. The van der Waals surface area contributed by atoms with Crippen molar-refractivity contribution in [3.8, 4) is 0 Å². The van der Waals surface area contributed by atoms with E-state index in [0.717, 1.165) is 32.6 Å². The second-order valence-electron chi connectivity index (χ2n) is 6.69. The Bertz CT molecular complexity index is 425. The molecule has 0 aromatic rings. The average molecular weight is 316 g/mol. The standard InChI is InChI=1S/C12H22N2O2.C2H2O4/c1-11(2,3)16-10(15)14-7-5-12(9-14)4-6-13-8-12;3-1(4)2(5)6/h13H,4-9H2,1-3H3;(H,3,4)(H,5,6). The molecule has 126 valence electrons. The zero-order valence-corrected chi connectivity index (χ0v) is 13.2. The third-order valence-corrected chi connectivity index (χ3v) is 3.61. The van der Waals surface area contributed by atoms with Crippen LogP contribution in [-0.2, 0) is 14.3 Å². The summed E-state index contributed by atoms with van der Waals surface area (Å²) in [4.78, 5) is 31.9. The minimum Gasteiger partial charge on any atom is -0.473 e. The van der Waals surface area contributed by atoms with Gasteiger partial charge in [0.2, 0.25) is 0 Å². The van der Waals surface area contributed by atoms with Gasteiger partial charge in [-0.3, -0.25) is 0 Å². The molecular formula is C14H24N2O6. The van der Waals surface area contributed by atoms with Gasteiger partial charge < -0.3 is 25.2 Å². The van der Waals surface area contributed by atoms with E-state index in [-0.39, 0.29) is 11.7 Å². The molecule has 8 heteroatoms. The van der Waals surface area contributed by atoms with Gasteiger partial charge in [0, 0.05) is 25.0 Å². The van der Waals surface area contributed by atoms with Crippen LogP contribution >= 0.6 is 0 Å². The monoisotopic (exact) mass is 316 g/mol. The van der Waals surface area contributed by atoms with Crippen molar-refractivity contribution >= 4 is 18.0 Å². The van der Waals surface area contributed by atoms with Crippen LogP contribution < -0.4 is 5.32 Å². The van der Waals surface area contributed by atoms with Gasteiger partial charge in [-0.1, -0.05) is 0 Å². The summed E-state index contributed by atoms with van der Waals surface area (Å²) in [5, 5.41) is 18.2. The van der Waals surface area contributed by atoms with E-state index in [1.54, 1.807) is 0 Å². The smallest absolute Gasteiger partial charge is 0.414 e. The molecule has 2 aliphatic rings. The molecule has 1 unspecified atom stereocenters. The fourth-order valence-electron chi connectivity index (χ4n) is 2.56. The molecule has 2 heterocycles. The first kappa shape index (κ1) is 18.2. The average Bonchev–Trinajstić information content (AvgIpc) is 2.99. The molecule has 1 spiro atoms. The second-order valence-corrected chi connectivity index (χ2v) is 6.69. The van der Waals surface area contributed by atoms with Gasteiger partial charge in [0.05, 0.1) is 0 Å². The zero-order valence-electron chi connectivity index (χ0n) is 13.2. The highest BCUT2D eigenvalue weighted by Gasteiger charge is 2.42. The van der Waals surface area contributed by atoms with Crippen LogP contribution in [0.25, 0.3) is 0 Å². The normalized spacial score (nSPS) is 23.9. The number of nitrogens with one attached hydrogen (secondary N) is 1. The summed E-state index contributed by atoms with van der Waals surface area (Å²) in [6, 6.07) is 0. The summed E-state index contributed by atoms with van der Waals surface area (Å²) in [5.74, 6) is -3.65. The lowest BCUT2D eigenvalue weighted by atomic mass is 9.87. The first-order valence-electron chi connectivity index (χ1n) is 7.20. The van der Waals surface area contributed by atoms with Crippen molar-refractivity contribution in [2.45, 2.75) is 39.2 Å². The van der Waals surface area contributed by atoms with Crippen LogP contribution in [0, 0.1) is 5.41 Å². The summed E-state index contributed by atoms with van der Waals surface area (Å²) in [6.07, 6.45) is 2.14.